The maximum atomic E-state index is 12.3. The summed E-state index contributed by atoms with van der Waals surface area (Å²) in [5.74, 6) is 2.10. The molecule has 1 fully saturated rings. The minimum Gasteiger partial charge on any atom is -0.356 e. The largest absolute Gasteiger partial charge is 0.356 e. The van der Waals surface area contributed by atoms with Gasteiger partial charge in [-0.1, -0.05) is 25.1 Å². The Kier molecular flexibility index (Phi) is 6.20. The number of aromatic nitrogens is 2. The molecule has 1 unspecified atom stereocenters. The molecule has 0 aliphatic carbocycles. The van der Waals surface area contributed by atoms with Crippen molar-refractivity contribution in [1.82, 2.24) is 20.4 Å². The van der Waals surface area contributed by atoms with Crippen LogP contribution in [0.15, 0.2) is 22.0 Å². The average molecular weight is 362 g/mol. The molecule has 3 rings (SSSR count). The van der Waals surface area contributed by atoms with E-state index in [9.17, 15) is 4.79 Å². The zero-order chi connectivity index (χ0) is 17.6. The molecule has 6 nitrogen and oxygen atoms in total. The Balaban J connectivity index is 1.51. The summed E-state index contributed by atoms with van der Waals surface area (Å²) in [6.45, 7) is 7.43. The predicted molar refractivity (Wildman–Crippen MR) is 98.1 cm³/mol. The number of carbonyl (C=O) groups excluding carboxylic acids is 1. The van der Waals surface area contributed by atoms with Crippen LogP contribution in [0.25, 0.3) is 10.7 Å². The highest BCUT2D eigenvalue weighted by molar-refractivity contribution is 7.13. The first-order chi connectivity index (χ1) is 12.1. The second kappa shape index (κ2) is 8.58. The Morgan fingerprint density at radius 2 is 2.40 bits per heavy atom. The van der Waals surface area contributed by atoms with Crippen LogP contribution in [-0.2, 0) is 11.3 Å². The summed E-state index contributed by atoms with van der Waals surface area (Å²) in [4.78, 5) is 20.1. The van der Waals surface area contributed by atoms with Crippen molar-refractivity contribution in [1.29, 1.82) is 0 Å². The third-order valence-corrected chi connectivity index (χ3v) is 5.33. The number of amides is 1. The van der Waals surface area contributed by atoms with E-state index in [-0.39, 0.29) is 11.8 Å². The summed E-state index contributed by atoms with van der Waals surface area (Å²) in [6.07, 6.45) is 3.00. The highest BCUT2D eigenvalue weighted by Gasteiger charge is 2.26. The zero-order valence-corrected chi connectivity index (χ0v) is 15.7. The van der Waals surface area contributed by atoms with Crippen molar-refractivity contribution in [3.8, 4) is 10.7 Å². The van der Waals surface area contributed by atoms with Crippen LogP contribution in [0, 0.1) is 11.8 Å². The minimum atomic E-state index is 0.0561. The number of thiophene rings is 1. The highest BCUT2D eigenvalue weighted by Crippen LogP contribution is 2.23. The molecule has 0 radical (unpaired) electrons. The Hall–Kier alpha value is -1.73. The van der Waals surface area contributed by atoms with E-state index in [4.69, 9.17) is 4.52 Å². The average Bonchev–Trinajstić information content (AvgIpc) is 3.26. The molecule has 1 saturated heterocycles. The molecule has 0 saturated carbocycles. The number of nitrogens with zero attached hydrogens (tertiary/aromatic N) is 3. The Bertz CT molecular complexity index is 668. The van der Waals surface area contributed by atoms with Gasteiger partial charge in [-0.3, -0.25) is 9.69 Å². The van der Waals surface area contributed by atoms with Crippen molar-refractivity contribution in [2.45, 2.75) is 39.7 Å². The lowest BCUT2D eigenvalue weighted by atomic mass is 9.97. The molecule has 1 amide bonds. The van der Waals surface area contributed by atoms with E-state index in [0.717, 1.165) is 43.8 Å². The molecule has 1 atom stereocenters. The molecule has 2 aromatic heterocycles. The van der Waals surface area contributed by atoms with Gasteiger partial charge in [0, 0.05) is 13.1 Å². The van der Waals surface area contributed by atoms with Crippen LogP contribution in [0.5, 0.6) is 0 Å². The monoisotopic (exact) mass is 362 g/mol. The van der Waals surface area contributed by atoms with Gasteiger partial charge in [-0.25, -0.2) is 0 Å². The molecule has 1 aliphatic rings. The topological polar surface area (TPSA) is 71.3 Å². The van der Waals surface area contributed by atoms with E-state index < -0.39 is 0 Å². The van der Waals surface area contributed by atoms with Crippen molar-refractivity contribution in [3.63, 3.8) is 0 Å². The Labute approximate surface area is 152 Å². The molecule has 136 valence electrons. The van der Waals surface area contributed by atoms with Crippen LogP contribution in [0.2, 0.25) is 0 Å². The van der Waals surface area contributed by atoms with Crippen molar-refractivity contribution in [2.75, 3.05) is 19.6 Å². The number of carbonyl (C=O) groups is 1. The Morgan fingerprint density at radius 1 is 1.52 bits per heavy atom. The quantitative estimate of drug-likeness (QED) is 0.819. The van der Waals surface area contributed by atoms with Crippen LogP contribution < -0.4 is 5.32 Å². The van der Waals surface area contributed by atoms with Crippen LogP contribution in [-0.4, -0.2) is 40.6 Å². The summed E-state index contributed by atoms with van der Waals surface area (Å²) in [5.41, 5.74) is 0. The van der Waals surface area contributed by atoms with E-state index in [1.54, 1.807) is 11.3 Å². The number of piperidine rings is 1. The van der Waals surface area contributed by atoms with E-state index in [0.29, 0.717) is 24.2 Å². The van der Waals surface area contributed by atoms with Crippen LogP contribution >= 0.6 is 11.3 Å². The predicted octanol–water partition coefficient (Wildman–Crippen LogP) is 3.17. The standard InChI is InChI=1S/C18H26N4O2S/c1-13(2)7-8-19-18(23)14-5-3-9-22(11-14)12-16-20-17(21-24-16)15-6-4-10-25-15/h4,6,10,13-14H,3,5,7-9,11-12H2,1-2H3,(H,19,23). The van der Waals surface area contributed by atoms with Crippen molar-refractivity contribution in [3.05, 3.63) is 23.4 Å². The third kappa shape index (κ3) is 5.12. The Morgan fingerprint density at radius 3 is 3.16 bits per heavy atom. The molecule has 25 heavy (non-hydrogen) atoms. The van der Waals surface area contributed by atoms with Crippen molar-refractivity contribution >= 4 is 17.2 Å². The van der Waals surface area contributed by atoms with Gasteiger partial charge in [0.25, 0.3) is 0 Å². The first-order valence-electron chi connectivity index (χ1n) is 8.98. The van der Waals surface area contributed by atoms with Gasteiger partial charge < -0.3 is 9.84 Å². The van der Waals surface area contributed by atoms with Gasteiger partial charge in [0.1, 0.15) is 0 Å². The number of rotatable bonds is 7. The molecular formula is C18H26N4O2S. The van der Waals surface area contributed by atoms with Gasteiger partial charge in [0.15, 0.2) is 0 Å². The maximum Gasteiger partial charge on any atom is 0.241 e. The first kappa shape index (κ1) is 18.1. The molecule has 7 heteroatoms. The van der Waals surface area contributed by atoms with Gasteiger partial charge in [0.2, 0.25) is 17.6 Å². The van der Waals surface area contributed by atoms with Crippen LogP contribution in [0.4, 0.5) is 0 Å². The molecular weight excluding hydrogens is 336 g/mol. The first-order valence-corrected chi connectivity index (χ1v) is 9.86. The summed E-state index contributed by atoms with van der Waals surface area (Å²) in [6, 6.07) is 3.96. The van der Waals surface area contributed by atoms with Crippen LogP contribution in [0.1, 0.15) is 39.0 Å². The van der Waals surface area contributed by atoms with Crippen molar-refractivity contribution in [2.24, 2.45) is 11.8 Å². The molecule has 0 bridgehead atoms. The summed E-state index contributed by atoms with van der Waals surface area (Å²) in [5, 5.41) is 9.13. The van der Waals surface area contributed by atoms with Crippen molar-refractivity contribution < 1.29 is 9.32 Å². The zero-order valence-electron chi connectivity index (χ0n) is 14.9. The van der Waals surface area contributed by atoms with E-state index in [1.165, 1.54) is 0 Å². The fraction of sp³-hybridized carbons (Fsp3) is 0.611. The van der Waals surface area contributed by atoms with E-state index >= 15 is 0 Å². The van der Waals surface area contributed by atoms with E-state index in [1.807, 2.05) is 17.5 Å². The summed E-state index contributed by atoms with van der Waals surface area (Å²) >= 11 is 1.60. The van der Waals surface area contributed by atoms with Crippen LogP contribution in [0.3, 0.4) is 0 Å². The number of hydrogen-bond acceptors (Lipinski definition) is 6. The minimum absolute atomic E-state index is 0.0561. The number of hydrogen-bond donors (Lipinski definition) is 1. The maximum absolute atomic E-state index is 12.3. The highest BCUT2D eigenvalue weighted by atomic mass is 32.1. The fourth-order valence-corrected chi connectivity index (χ4v) is 3.71. The number of likely N-dealkylation sites (tertiary alicyclic amines) is 1. The molecule has 2 aromatic rings. The number of nitrogens with one attached hydrogen (secondary N) is 1. The molecule has 0 spiro atoms. The van der Waals surface area contributed by atoms with E-state index in [2.05, 4.69) is 34.2 Å². The SMILES string of the molecule is CC(C)CCNC(=O)C1CCCN(Cc2nc(-c3cccs3)no2)C1. The molecule has 3 heterocycles. The lowest BCUT2D eigenvalue weighted by Gasteiger charge is -2.30. The second-order valence-electron chi connectivity index (χ2n) is 7.04. The van der Waals surface area contributed by atoms with Gasteiger partial charge in [-0.15, -0.1) is 11.3 Å². The fourth-order valence-electron chi connectivity index (χ4n) is 3.06. The normalized spacial score (nSPS) is 18.6. The summed E-state index contributed by atoms with van der Waals surface area (Å²) < 4.78 is 5.38. The second-order valence-corrected chi connectivity index (χ2v) is 7.98. The lowest BCUT2D eigenvalue weighted by Crippen LogP contribution is -2.43. The lowest BCUT2D eigenvalue weighted by molar-refractivity contribution is -0.126. The summed E-state index contributed by atoms with van der Waals surface area (Å²) in [7, 11) is 0. The molecule has 1 N–H and O–H groups in total. The smallest absolute Gasteiger partial charge is 0.241 e. The van der Waals surface area contributed by atoms with Gasteiger partial charge >= 0.3 is 0 Å². The van der Waals surface area contributed by atoms with Gasteiger partial charge in [0.05, 0.1) is 17.3 Å². The van der Waals surface area contributed by atoms with Gasteiger partial charge in [-0.2, -0.15) is 4.98 Å². The third-order valence-electron chi connectivity index (χ3n) is 4.47. The molecule has 1 aliphatic heterocycles. The molecule has 0 aromatic carbocycles. The van der Waals surface area contributed by atoms with Gasteiger partial charge in [-0.05, 0) is 43.2 Å².